The number of imidazole rings is 1. The van der Waals surface area contributed by atoms with Crippen LogP contribution < -0.4 is 0 Å². The zero-order valence-electron chi connectivity index (χ0n) is 8.65. The zero-order valence-corrected chi connectivity index (χ0v) is 10.2. The topological polar surface area (TPSA) is 17.8 Å². The molecule has 0 saturated carbocycles. The van der Waals surface area contributed by atoms with E-state index < -0.39 is 0 Å². The second-order valence-electron chi connectivity index (χ2n) is 3.45. The minimum absolute atomic E-state index is 0.891. The van der Waals surface area contributed by atoms with Gasteiger partial charge in [-0.05, 0) is 17.7 Å². The number of nitrogens with zero attached hydrogens (tertiary/aromatic N) is 2. The molecule has 1 aromatic heterocycles. The van der Waals surface area contributed by atoms with Crippen molar-refractivity contribution in [2.45, 2.75) is 19.9 Å². The van der Waals surface area contributed by atoms with E-state index in [2.05, 4.69) is 50.6 Å². The van der Waals surface area contributed by atoms with E-state index in [-0.39, 0.29) is 0 Å². The fraction of sp³-hybridized carbons (Fsp3) is 0.250. The maximum absolute atomic E-state index is 4.30. The van der Waals surface area contributed by atoms with Crippen LogP contribution in [0.25, 0.3) is 0 Å². The summed E-state index contributed by atoms with van der Waals surface area (Å²) in [6, 6.07) is 8.36. The first-order chi connectivity index (χ1) is 7.29. The standard InChI is InChI=1S/C12H13BrN2/c1-2-12-14-6-7-15(12)9-10-4-3-5-11(13)8-10/h3-8H,2,9H2,1H3. The molecule has 0 aliphatic rings. The Balaban J connectivity index is 2.22. The summed E-state index contributed by atoms with van der Waals surface area (Å²) in [5.74, 6) is 1.13. The van der Waals surface area contributed by atoms with E-state index in [1.165, 1.54) is 5.56 Å². The van der Waals surface area contributed by atoms with Gasteiger partial charge in [-0.3, -0.25) is 0 Å². The summed E-state index contributed by atoms with van der Waals surface area (Å²) in [6.07, 6.45) is 4.86. The van der Waals surface area contributed by atoms with Crippen molar-refractivity contribution in [1.29, 1.82) is 0 Å². The van der Waals surface area contributed by atoms with Crippen molar-refractivity contribution in [3.8, 4) is 0 Å². The lowest BCUT2D eigenvalue weighted by atomic mass is 10.2. The second kappa shape index (κ2) is 4.62. The van der Waals surface area contributed by atoms with Crippen molar-refractivity contribution in [3.63, 3.8) is 0 Å². The normalized spacial score (nSPS) is 10.5. The molecular formula is C12H13BrN2. The first-order valence-corrected chi connectivity index (χ1v) is 5.83. The summed E-state index contributed by atoms with van der Waals surface area (Å²) in [6.45, 7) is 3.02. The van der Waals surface area contributed by atoms with E-state index in [0.29, 0.717) is 0 Å². The Labute approximate surface area is 98.1 Å². The average Bonchev–Trinajstić information content (AvgIpc) is 2.65. The van der Waals surface area contributed by atoms with Crippen LogP contribution in [-0.4, -0.2) is 9.55 Å². The number of hydrogen-bond acceptors (Lipinski definition) is 1. The van der Waals surface area contributed by atoms with Gasteiger partial charge in [0.15, 0.2) is 0 Å². The molecule has 0 aliphatic carbocycles. The molecule has 0 aliphatic heterocycles. The maximum Gasteiger partial charge on any atom is 0.108 e. The first kappa shape index (κ1) is 10.4. The largest absolute Gasteiger partial charge is 0.331 e. The Hall–Kier alpha value is -1.09. The smallest absolute Gasteiger partial charge is 0.108 e. The van der Waals surface area contributed by atoms with Gasteiger partial charge >= 0.3 is 0 Å². The average molecular weight is 265 g/mol. The molecule has 0 amide bonds. The third-order valence-electron chi connectivity index (χ3n) is 2.36. The molecule has 0 N–H and O–H groups in total. The SMILES string of the molecule is CCc1nccn1Cc1cccc(Br)c1. The van der Waals surface area contributed by atoms with E-state index in [1.54, 1.807) is 0 Å². The van der Waals surface area contributed by atoms with Gasteiger partial charge in [0.1, 0.15) is 5.82 Å². The molecule has 2 aromatic rings. The van der Waals surface area contributed by atoms with Crippen molar-refractivity contribution in [2.24, 2.45) is 0 Å². The molecule has 3 heteroatoms. The fourth-order valence-electron chi connectivity index (χ4n) is 1.63. The number of aryl methyl sites for hydroxylation is 1. The molecule has 0 fully saturated rings. The van der Waals surface area contributed by atoms with Gasteiger partial charge in [0.25, 0.3) is 0 Å². The van der Waals surface area contributed by atoms with Crippen LogP contribution in [0.1, 0.15) is 18.3 Å². The molecule has 2 nitrogen and oxygen atoms in total. The van der Waals surface area contributed by atoms with Gasteiger partial charge in [-0.25, -0.2) is 4.98 Å². The lowest BCUT2D eigenvalue weighted by Gasteiger charge is -2.06. The molecule has 0 saturated heterocycles. The third kappa shape index (κ3) is 2.48. The molecule has 0 radical (unpaired) electrons. The summed E-state index contributed by atoms with van der Waals surface area (Å²) >= 11 is 3.48. The summed E-state index contributed by atoms with van der Waals surface area (Å²) in [5, 5.41) is 0. The van der Waals surface area contributed by atoms with Gasteiger partial charge in [0, 0.05) is 29.8 Å². The highest BCUT2D eigenvalue weighted by molar-refractivity contribution is 9.10. The number of benzene rings is 1. The molecule has 0 unspecified atom stereocenters. The predicted molar refractivity (Wildman–Crippen MR) is 64.8 cm³/mol. The second-order valence-corrected chi connectivity index (χ2v) is 4.37. The third-order valence-corrected chi connectivity index (χ3v) is 2.85. The molecular weight excluding hydrogens is 252 g/mol. The van der Waals surface area contributed by atoms with Gasteiger partial charge in [0.05, 0.1) is 0 Å². The van der Waals surface area contributed by atoms with Gasteiger partial charge in [0.2, 0.25) is 0 Å². The minimum Gasteiger partial charge on any atom is -0.331 e. The Morgan fingerprint density at radius 2 is 2.27 bits per heavy atom. The lowest BCUT2D eigenvalue weighted by molar-refractivity contribution is 0.732. The van der Waals surface area contributed by atoms with E-state index in [9.17, 15) is 0 Å². The summed E-state index contributed by atoms with van der Waals surface area (Å²) in [7, 11) is 0. The van der Waals surface area contributed by atoms with Crippen LogP contribution in [-0.2, 0) is 13.0 Å². The van der Waals surface area contributed by atoms with Crippen molar-refractivity contribution in [1.82, 2.24) is 9.55 Å². The van der Waals surface area contributed by atoms with Crippen LogP contribution in [0.15, 0.2) is 41.1 Å². The van der Waals surface area contributed by atoms with Crippen LogP contribution in [0.5, 0.6) is 0 Å². The van der Waals surface area contributed by atoms with Crippen molar-refractivity contribution in [2.75, 3.05) is 0 Å². The Morgan fingerprint density at radius 1 is 1.40 bits per heavy atom. The van der Waals surface area contributed by atoms with Crippen LogP contribution >= 0.6 is 15.9 Å². The zero-order chi connectivity index (χ0) is 10.7. The van der Waals surface area contributed by atoms with Gasteiger partial charge in [-0.2, -0.15) is 0 Å². The Kier molecular flexibility index (Phi) is 3.21. The molecule has 2 rings (SSSR count). The fourth-order valence-corrected chi connectivity index (χ4v) is 2.08. The van der Waals surface area contributed by atoms with Crippen molar-refractivity contribution >= 4 is 15.9 Å². The van der Waals surface area contributed by atoms with Crippen LogP contribution in [0.4, 0.5) is 0 Å². The quantitative estimate of drug-likeness (QED) is 0.832. The molecule has 0 atom stereocenters. The van der Waals surface area contributed by atoms with Gasteiger partial charge < -0.3 is 4.57 Å². The van der Waals surface area contributed by atoms with Crippen LogP contribution in [0, 0.1) is 0 Å². The molecule has 78 valence electrons. The maximum atomic E-state index is 4.30. The lowest BCUT2D eigenvalue weighted by Crippen LogP contribution is -2.03. The molecule has 15 heavy (non-hydrogen) atoms. The number of halogens is 1. The summed E-state index contributed by atoms with van der Waals surface area (Å²) in [5.41, 5.74) is 1.29. The number of aromatic nitrogens is 2. The molecule has 1 aromatic carbocycles. The summed E-state index contributed by atoms with van der Waals surface area (Å²) in [4.78, 5) is 4.30. The predicted octanol–water partition coefficient (Wildman–Crippen LogP) is 3.26. The number of rotatable bonds is 3. The van der Waals surface area contributed by atoms with Crippen LogP contribution in [0.2, 0.25) is 0 Å². The highest BCUT2D eigenvalue weighted by Crippen LogP contribution is 2.13. The van der Waals surface area contributed by atoms with Crippen molar-refractivity contribution < 1.29 is 0 Å². The monoisotopic (exact) mass is 264 g/mol. The molecule has 1 heterocycles. The van der Waals surface area contributed by atoms with E-state index in [0.717, 1.165) is 23.3 Å². The van der Waals surface area contributed by atoms with E-state index in [4.69, 9.17) is 0 Å². The summed E-state index contributed by atoms with van der Waals surface area (Å²) < 4.78 is 3.31. The highest BCUT2D eigenvalue weighted by atomic mass is 79.9. The van der Waals surface area contributed by atoms with Gasteiger partial charge in [-0.1, -0.05) is 35.0 Å². The minimum atomic E-state index is 0.891. The van der Waals surface area contributed by atoms with Gasteiger partial charge in [-0.15, -0.1) is 0 Å². The molecule has 0 spiro atoms. The van der Waals surface area contributed by atoms with E-state index >= 15 is 0 Å². The van der Waals surface area contributed by atoms with E-state index in [1.807, 2.05) is 18.5 Å². The first-order valence-electron chi connectivity index (χ1n) is 5.04. The Bertz CT molecular complexity index is 448. The Morgan fingerprint density at radius 3 is 3.00 bits per heavy atom. The molecule has 0 bridgehead atoms. The van der Waals surface area contributed by atoms with Crippen LogP contribution in [0.3, 0.4) is 0 Å². The number of hydrogen-bond donors (Lipinski definition) is 0. The van der Waals surface area contributed by atoms with Crippen molar-refractivity contribution in [3.05, 3.63) is 52.5 Å². The highest BCUT2D eigenvalue weighted by Gasteiger charge is 2.01.